The van der Waals surface area contributed by atoms with Gasteiger partial charge >= 0.3 is 0 Å². The van der Waals surface area contributed by atoms with E-state index in [-0.39, 0.29) is 12.5 Å². The van der Waals surface area contributed by atoms with Crippen LogP contribution in [-0.2, 0) is 19.0 Å². The van der Waals surface area contributed by atoms with Crippen molar-refractivity contribution in [3.05, 3.63) is 53.6 Å². The molecular formula is C27H32N2O8. The van der Waals surface area contributed by atoms with Crippen LogP contribution in [0.1, 0.15) is 34.6 Å². The van der Waals surface area contributed by atoms with Crippen LogP contribution < -0.4 is 14.8 Å². The molecule has 10 heteroatoms. The van der Waals surface area contributed by atoms with E-state index in [2.05, 4.69) is 5.32 Å². The fraction of sp³-hybridized carbons (Fsp3) is 0.444. The number of nitrogens with zero attached hydrogens (tertiary/aromatic N) is 1. The van der Waals surface area contributed by atoms with Gasteiger partial charge in [0, 0.05) is 11.8 Å². The normalized spacial score (nSPS) is 18.1. The lowest BCUT2D eigenvalue weighted by Gasteiger charge is -2.28. The molecule has 0 aliphatic carbocycles. The largest absolute Gasteiger partial charge is 0.487 e. The highest BCUT2D eigenvalue weighted by atomic mass is 16.6. The van der Waals surface area contributed by atoms with E-state index in [1.165, 1.54) is 0 Å². The van der Waals surface area contributed by atoms with Crippen molar-refractivity contribution < 1.29 is 38.1 Å². The summed E-state index contributed by atoms with van der Waals surface area (Å²) in [4.78, 5) is 40.5. The minimum atomic E-state index is -0.991. The first-order chi connectivity index (χ1) is 18.0. The molecule has 198 valence electrons. The number of imide groups is 1. The van der Waals surface area contributed by atoms with Gasteiger partial charge in [-0.1, -0.05) is 26.0 Å². The molecule has 0 unspecified atom stereocenters. The number of hydrogen-bond donors (Lipinski definition) is 1. The Morgan fingerprint density at radius 1 is 0.757 bits per heavy atom. The highest BCUT2D eigenvalue weighted by molar-refractivity contribution is 6.23. The van der Waals surface area contributed by atoms with Gasteiger partial charge in [0.15, 0.2) is 11.5 Å². The van der Waals surface area contributed by atoms with Crippen LogP contribution in [0.2, 0.25) is 0 Å². The van der Waals surface area contributed by atoms with Crippen molar-refractivity contribution >= 4 is 23.4 Å². The summed E-state index contributed by atoms with van der Waals surface area (Å²) >= 11 is 0. The Morgan fingerprint density at radius 3 is 1.81 bits per heavy atom. The van der Waals surface area contributed by atoms with Gasteiger partial charge in [-0.05, 0) is 30.2 Å². The summed E-state index contributed by atoms with van der Waals surface area (Å²) in [5.74, 6) is -0.816. The first-order valence-electron chi connectivity index (χ1n) is 12.4. The molecule has 4 rings (SSSR count). The Kier molecular flexibility index (Phi) is 9.10. The molecule has 0 saturated heterocycles. The predicted octanol–water partition coefficient (Wildman–Crippen LogP) is 2.77. The SMILES string of the molecule is CC(C)[C@@H](C(=O)Nc1ccc2c(c1)OCCOCCOCCOCCO2)N1C(=O)c2ccccc2C1=O. The number of anilines is 1. The maximum Gasteiger partial charge on any atom is 0.262 e. The minimum absolute atomic E-state index is 0.272. The van der Waals surface area contributed by atoms with Crippen LogP contribution in [0.5, 0.6) is 11.5 Å². The number of benzene rings is 2. The van der Waals surface area contributed by atoms with Crippen molar-refractivity contribution in [2.24, 2.45) is 5.92 Å². The molecule has 0 saturated carbocycles. The van der Waals surface area contributed by atoms with Gasteiger partial charge in [-0.25, -0.2) is 0 Å². The summed E-state index contributed by atoms with van der Waals surface area (Å²) in [7, 11) is 0. The molecule has 37 heavy (non-hydrogen) atoms. The first kappa shape index (κ1) is 26.6. The number of ether oxygens (including phenoxy) is 5. The van der Waals surface area contributed by atoms with Crippen molar-refractivity contribution in [2.45, 2.75) is 19.9 Å². The molecule has 0 radical (unpaired) electrons. The van der Waals surface area contributed by atoms with Crippen LogP contribution in [0.25, 0.3) is 0 Å². The van der Waals surface area contributed by atoms with E-state index in [1.54, 1.807) is 56.3 Å². The molecule has 0 aromatic heterocycles. The van der Waals surface area contributed by atoms with Gasteiger partial charge in [0.1, 0.15) is 19.3 Å². The quantitative estimate of drug-likeness (QED) is 0.623. The van der Waals surface area contributed by atoms with Crippen molar-refractivity contribution in [3.8, 4) is 11.5 Å². The van der Waals surface area contributed by atoms with E-state index in [9.17, 15) is 14.4 Å². The molecular weight excluding hydrogens is 480 g/mol. The third-order valence-electron chi connectivity index (χ3n) is 5.93. The molecule has 1 N–H and O–H groups in total. The highest BCUT2D eigenvalue weighted by Gasteiger charge is 2.43. The molecule has 0 spiro atoms. The molecule has 2 aliphatic rings. The standard InChI is InChI=1S/C27H32N2O8/c1-18(2)24(29-26(31)20-5-3-4-6-21(20)27(29)32)25(30)28-19-7-8-22-23(17-19)37-16-14-35-12-10-33-9-11-34-13-15-36-22/h3-8,17-18,24H,9-16H2,1-2H3,(H,28,30)/t24-/m0/s1. The lowest BCUT2D eigenvalue weighted by molar-refractivity contribution is -0.121. The number of amides is 3. The molecule has 2 aromatic rings. The number of fused-ring (bicyclic) bond motifs is 2. The Balaban J connectivity index is 1.49. The van der Waals surface area contributed by atoms with Crippen LogP contribution in [0.4, 0.5) is 5.69 Å². The zero-order chi connectivity index (χ0) is 26.2. The van der Waals surface area contributed by atoms with Crippen LogP contribution >= 0.6 is 0 Å². The van der Waals surface area contributed by atoms with Crippen molar-refractivity contribution in [1.82, 2.24) is 4.90 Å². The summed E-state index contributed by atoms with van der Waals surface area (Å²) in [5.41, 5.74) is 1.05. The summed E-state index contributed by atoms with van der Waals surface area (Å²) in [6.07, 6.45) is 0. The predicted molar refractivity (Wildman–Crippen MR) is 134 cm³/mol. The zero-order valence-corrected chi connectivity index (χ0v) is 21.1. The van der Waals surface area contributed by atoms with Gasteiger partial charge in [0.2, 0.25) is 5.91 Å². The third-order valence-corrected chi connectivity index (χ3v) is 5.93. The molecule has 10 nitrogen and oxygen atoms in total. The fourth-order valence-electron chi connectivity index (χ4n) is 4.18. The first-order valence-corrected chi connectivity index (χ1v) is 12.4. The molecule has 2 aliphatic heterocycles. The van der Waals surface area contributed by atoms with Crippen LogP contribution in [0.3, 0.4) is 0 Å². The van der Waals surface area contributed by atoms with Crippen LogP contribution in [-0.4, -0.2) is 81.5 Å². The van der Waals surface area contributed by atoms with Gasteiger partial charge in [-0.3, -0.25) is 19.3 Å². The van der Waals surface area contributed by atoms with E-state index in [1.807, 2.05) is 0 Å². The average Bonchev–Trinajstić information content (AvgIpc) is 3.12. The van der Waals surface area contributed by atoms with Crippen LogP contribution in [0, 0.1) is 5.92 Å². The molecule has 2 heterocycles. The molecule has 1 atom stereocenters. The summed E-state index contributed by atoms with van der Waals surface area (Å²) in [6.45, 7) is 6.77. The third kappa shape index (κ3) is 6.46. The molecule has 2 aromatic carbocycles. The average molecular weight is 513 g/mol. The number of rotatable bonds is 4. The lowest BCUT2D eigenvalue weighted by atomic mass is 10.0. The van der Waals surface area contributed by atoms with E-state index in [0.29, 0.717) is 74.6 Å². The highest BCUT2D eigenvalue weighted by Crippen LogP contribution is 2.32. The van der Waals surface area contributed by atoms with E-state index in [4.69, 9.17) is 23.7 Å². The number of hydrogen-bond acceptors (Lipinski definition) is 8. The maximum absolute atomic E-state index is 13.4. The monoisotopic (exact) mass is 512 g/mol. The molecule has 0 bridgehead atoms. The summed E-state index contributed by atoms with van der Waals surface area (Å²) < 4.78 is 28.1. The Hall–Kier alpha value is -3.47. The number of carbonyl (C=O) groups is 3. The molecule has 3 amide bonds. The summed E-state index contributed by atoms with van der Waals surface area (Å²) in [6, 6.07) is 10.6. The van der Waals surface area contributed by atoms with E-state index < -0.39 is 23.8 Å². The van der Waals surface area contributed by atoms with Gasteiger partial charge < -0.3 is 29.0 Å². The molecule has 0 fully saturated rings. The van der Waals surface area contributed by atoms with Crippen LogP contribution in [0.15, 0.2) is 42.5 Å². The van der Waals surface area contributed by atoms with Gasteiger partial charge in [0.25, 0.3) is 11.8 Å². The number of carbonyl (C=O) groups excluding carboxylic acids is 3. The second-order valence-electron chi connectivity index (χ2n) is 8.90. The van der Waals surface area contributed by atoms with Crippen molar-refractivity contribution in [3.63, 3.8) is 0 Å². The fourth-order valence-corrected chi connectivity index (χ4v) is 4.18. The summed E-state index contributed by atoms with van der Waals surface area (Å²) in [5, 5.41) is 2.84. The number of nitrogens with one attached hydrogen (secondary N) is 1. The van der Waals surface area contributed by atoms with Crippen molar-refractivity contribution in [1.29, 1.82) is 0 Å². The lowest BCUT2D eigenvalue weighted by Crippen LogP contribution is -2.50. The van der Waals surface area contributed by atoms with E-state index in [0.717, 1.165) is 4.90 Å². The Bertz CT molecular complexity index is 1080. The maximum atomic E-state index is 13.4. The minimum Gasteiger partial charge on any atom is -0.487 e. The Morgan fingerprint density at radius 2 is 1.27 bits per heavy atom. The van der Waals surface area contributed by atoms with E-state index >= 15 is 0 Å². The van der Waals surface area contributed by atoms with Gasteiger partial charge in [-0.15, -0.1) is 0 Å². The van der Waals surface area contributed by atoms with Gasteiger partial charge in [0.05, 0.1) is 50.8 Å². The topological polar surface area (TPSA) is 113 Å². The second-order valence-corrected chi connectivity index (χ2v) is 8.90. The van der Waals surface area contributed by atoms with Crippen molar-refractivity contribution in [2.75, 3.05) is 58.2 Å². The van der Waals surface area contributed by atoms with Gasteiger partial charge in [-0.2, -0.15) is 0 Å². The second kappa shape index (κ2) is 12.7. The Labute approximate surface area is 215 Å². The zero-order valence-electron chi connectivity index (χ0n) is 21.1. The smallest absolute Gasteiger partial charge is 0.262 e.